The molecule has 3 heteroatoms. The topological polar surface area (TPSA) is 33.8 Å². The molecule has 0 fully saturated rings. The molecule has 0 spiro atoms. The lowest BCUT2D eigenvalue weighted by Crippen LogP contribution is -1.60. The number of nitrogens with zero attached hydrogens (tertiary/aromatic N) is 2. The lowest BCUT2D eigenvalue weighted by atomic mass is 10.3. The third-order valence-corrected chi connectivity index (χ3v) is 1.20. The molecule has 1 aromatic carbocycles. The fourth-order valence-corrected chi connectivity index (χ4v) is 0.717. The SMILES string of the molecule is CC#[N+]c1ccc(N=O)cc1. The summed E-state index contributed by atoms with van der Waals surface area (Å²) in [5.74, 6) is 0. The van der Waals surface area contributed by atoms with Crippen molar-refractivity contribution in [3.8, 4) is 6.07 Å². The van der Waals surface area contributed by atoms with E-state index < -0.39 is 0 Å². The van der Waals surface area contributed by atoms with Crippen LogP contribution in [0.4, 0.5) is 11.4 Å². The Morgan fingerprint density at radius 2 is 2.00 bits per heavy atom. The maximum Gasteiger partial charge on any atom is 0.340 e. The highest BCUT2D eigenvalue weighted by Gasteiger charge is 1.98. The maximum absolute atomic E-state index is 9.98. The van der Waals surface area contributed by atoms with Crippen molar-refractivity contribution in [1.82, 2.24) is 0 Å². The molecule has 0 aliphatic carbocycles. The van der Waals surface area contributed by atoms with E-state index in [2.05, 4.69) is 16.1 Å². The summed E-state index contributed by atoms with van der Waals surface area (Å²) in [5.41, 5.74) is 1.19. The van der Waals surface area contributed by atoms with Crippen molar-refractivity contribution in [2.75, 3.05) is 0 Å². The summed E-state index contributed by atoms with van der Waals surface area (Å²) in [7, 11) is 0. The van der Waals surface area contributed by atoms with E-state index in [1.165, 1.54) is 0 Å². The summed E-state index contributed by atoms with van der Waals surface area (Å²) in [6.45, 7) is 1.71. The Morgan fingerprint density at radius 3 is 2.45 bits per heavy atom. The molecule has 11 heavy (non-hydrogen) atoms. The van der Waals surface area contributed by atoms with Crippen LogP contribution in [0.1, 0.15) is 6.92 Å². The van der Waals surface area contributed by atoms with Crippen molar-refractivity contribution in [1.29, 1.82) is 0 Å². The van der Waals surface area contributed by atoms with Gasteiger partial charge in [-0.25, -0.2) is 0 Å². The second-order valence-electron chi connectivity index (χ2n) is 1.94. The van der Waals surface area contributed by atoms with E-state index in [4.69, 9.17) is 0 Å². The van der Waals surface area contributed by atoms with Crippen LogP contribution in [0.5, 0.6) is 0 Å². The Bertz CT molecular complexity index is 305. The van der Waals surface area contributed by atoms with Crippen LogP contribution in [0.2, 0.25) is 0 Å². The molecule has 1 rings (SSSR count). The number of nitroso groups, excluding NO2 is 1. The molecule has 0 saturated heterocycles. The number of hydrogen-bond donors (Lipinski definition) is 0. The first kappa shape index (κ1) is 7.42. The summed E-state index contributed by atoms with van der Waals surface area (Å²) in [6.07, 6.45) is 0. The van der Waals surface area contributed by atoms with Crippen molar-refractivity contribution < 1.29 is 0 Å². The van der Waals surface area contributed by atoms with Crippen LogP contribution >= 0.6 is 0 Å². The van der Waals surface area contributed by atoms with E-state index >= 15 is 0 Å². The first-order chi connectivity index (χ1) is 5.36. The molecule has 1 aromatic rings. The van der Waals surface area contributed by atoms with Crippen LogP contribution in [-0.4, -0.2) is 0 Å². The van der Waals surface area contributed by atoms with Crippen LogP contribution in [-0.2, 0) is 0 Å². The van der Waals surface area contributed by atoms with Gasteiger partial charge in [-0.1, -0.05) is 0 Å². The van der Waals surface area contributed by atoms with Gasteiger partial charge in [0, 0.05) is 12.1 Å². The molecule has 0 amide bonds. The molecule has 0 heterocycles. The van der Waals surface area contributed by atoms with Gasteiger partial charge < -0.3 is 0 Å². The van der Waals surface area contributed by atoms with Crippen molar-refractivity contribution >= 4 is 11.4 Å². The van der Waals surface area contributed by atoms with Crippen LogP contribution in [0.3, 0.4) is 0 Å². The van der Waals surface area contributed by atoms with Gasteiger partial charge in [-0.05, 0) is 22.2 Å². The van der Waals surface area contributed by atoms with Gasteiger partial charge in [-0.3, -0.25) is 0 Å². The number of rotatable bonds is 1. The predicted octanol–water partition coefficient (Wildman–Crippen LogP) is 3.07. The molecule has 0 unspecified atom stereocenters. The lowest BCUT2D eigenvalue weighted by Gasteiger charge is -1.80. The van der Waals surface area contributed by atoms with E-state index in [9.17, 15) is 4.91 Å². The molecule has 0 saturated carbocycles. The van der Waals surface area contributed by atoms with Crippen LogP contribution in [0, 0.1) is 11.0 Å². The molecule has 54 valence electrons. The van der Waals surface area contributed by atoms with Crippen LogP contribution < -0.4 is 0 Å². The standard InChI is InChI=1S/C8H7N2O/c1-2-9-7-3-5-8(10-11)6-4-7/h3-6H,1H3/q+1. The van der Waals surface area contributed by atoms with Gasteiger partial charge >= 0.3 is 5.69 Å². The third-order valence-electron chi connectivity index (χ3n) is 1.20. The average molecular weight is 147 g/mol. The second-order valence-corrected chi connectivity index (χ2v) is 1.94. The monoisotopic (exact) mass is 147 g/mol. The van der Waals surface area contributed by atoms with Gasteiger partial charge in [0.15, 0.2) is 0 Å². The molecule has 3 nitrogen and oxygen atoms in total. The van der Waals surface area contributed by atoms with Crippen LogP contribution in [0.15, 0.2) is 29.4 Å². The quantitative estimate of drug-likeness (QED) is 0.562. The van der Waals surface area contributed by atoms with Gasteiger partial charge in [-0.2, -0.15) is 0 Å². The van der Waals surface area contributed by atoms with Crippen LogP contribution in [0.25, 0.3) is 4.85 Å². The second kappa shape index (κ2) is 3.47. The van der Waals surface area contributed by atoms with E-state index in [-0.39, 0.29) is 0 Å². The first-order valence-electron chi connectivity index (χ1n) is 3.17. The summed E-state index contributed by atoms with van der Waals surface area (Å²) in [5, 5.41) is 2.76. The molecular formula is C8H7N2O+. The number of hydrogen-bond acceptors (Lipinski definition) is 2. The summed E-state index contributed by atoms with van der Waals surface area (Å²) in [6, 6.07) is 9.30. The van der Waals surface area contributed by atoms with Crippen molar-refractivity contribution in [3.05, 3.63) is 34.0 Å². The smallest absolute Gasteiger partial charge is 0.145 e. The lowest BCUT2D eigenvalue weighted by molar-refractivity contribution is 1.50. The minimum absolute atomic E-state index is 0.417. The Morgan fingerprint density at radius 1 is 1.36 bits per heavy atom. The zero-order valence-corrected chi connectivity index (χ0v) is 6.11. The van der Waals surface area contributed by atoms with Gasteiger partial charge in [0.25, 0.3) is 6.07 Å². The first-order valence-corrected chi connectivity index (χ1v) is 3.17. The van der Waals surface area contributed by atoms with Gasteiger partial charge in [0.2, 0.25) is 0 Å². The summed E-state index contributed by atoms with van der Waals surface area (Å²) in [4.78, 5) is 13.9. The van der Waals surface area contributed by atoms with Crippen molar-refractivity contribution in [3.63, 3.8) is 0 Å². The Balaban J connectivity index is 2.97. The predicted molar refractivity (Wildman–Crippen MR) is 44.5 cm³/mol. The molecule has 0 radical (unpaired) electrons. The Hall–Kier alpha value is -1.69. The molecule has 0 bridgehead atoms. The zero-order valence-electron chi connectivity index (χ0n) is 6.11. The minimum atomic E-state index is 0.417. The summed E-state index contributed by atoms with van der Waals surface area (Å²) < 4.78 is 0. The van der Waals surface area contributed by atoms with Gasteiger partial charge in [0.05, 0.1) is 6.92 Å². The van der Waals surface area contributed by atoms with E-state index in [0.29, 0.717) is 5.69 Å². The van der Waals surface area contributed by atoms with E-state index in [0.717, 1.165) is 5.69 Å². The molecule has 0 aromatic heterocycles. The van der Waals surface area contributed by atoms with Gasteiger partial charge in [0.1, 0.15) is 5.69 Å². The third kappa shape index (κ3) is 1.87. The largest absolute Gasteiger partial charge is 0.340 e. The molecule has 0 atom stereocenters. The maximum atomic E-state index is 9.98. The van der Waals surface area contributed by atoms with Crippen molar-refractivity contribution in [2.45, 2.75) is 6.92 Å². The average Bonchev–Trinajstić information content (AvgIpc) is 2.07. The fourth-order valence-electron chi connectivity index (χ4n) is 0.717. The fraction of sp³-hybridized carbons (Fsp3) is 0.125. The molecule has 0 aliphatic heterocycles. The highest BCUT2D eigenvalue weighted by molar-refractivity contribution is 5.52. The highest BCUT2D eigenvalue weighted by Crippen LogP contribution is 2.17. The molecule has 0 aliphatic rings. The number of benzene rings is 1. The zero-order chi connectivity index (χ0) is 8.10. The Labute approximate surface area is 64.5 Å². The minimum Gasteiger partial charge on any atom is -0.145 e. The van der Waals surface area contributed by atoms with E-state index in [1.54, 1.807) is 31.2 Å². The van der Waals surface area contributed by atoms with Gasteiger partial charge in [-0.15, -0.1) is 4.91 Å². The molecule has 0 N–H and O–H groups in total. The highest BCUT2D eigenvalue weighted by atomic mass is 16.3. The summed E-state index contributed by atoms with van der Waals surface area (Å²) >= 11 is 0. The van der Waals surface area contributed by atoms with E-state index in [1.807, 2.05) is 0 Å². The Kier molecular flexibility index (Phi) is 2.34. The molecular weight excluding hydrogens is 140 g/mol. The normalized spacial score (nSPS) is 8.09. The van der Waals surface area contributed by atoms with Crippen molar-refractivity contribution in [2.24, 2.45) is 5.18 Å².